The summed E-state index contributed by atoms with van der Waals surface area (Å²) >= 11 is 3.19. The molecule has 0 atom stereocenters. The predicted molar refractivity (Wildman–Crippen MR) is 105 cm³/mol. The molecular weight excluding hydrogens is 364 g/mol. The lowest BCUT2D eigenvalue weighted by atomic mass is 10.2. The number of anilines is 1. The molecule has 2 heterocycles. The van der Waals surface area contributed by atoms with E-state index in [1.165, 1.54) is 28.6 Å². The number of carbonyl (C=O) groups is 1. The summed E-state index contributed by atoms with van der Waals surface area (Å²) in [5, 5.41) is 14.0. The molecule has 4 rings (SSSR count). The molecular formula is C19H16N4OS2. The molecule has 0 bridgehead atoms. The molecule has 3 aromatic rings. The van der Waals surface area contributed by atoms with Gasteiger partial charge in [0.25, 0.3) is 0 Å². The van der Waals surface area contributed by atoms with Crippen LogP contribution in [0.25, 0.3) is 10.2 Å². The van der Waals surface area contributed by atoms with Crippen molar-refractivity contribution in [2.24, 2.45) is 0 Å². The van der Waals surface area contributed by atoms with Gasteiger partial charge in [-0.05, 0) is 43.9 Å². The first kappa shape index (κ1) is 17.0. The van der Waals surface area contributed by atoms with E-state index in [0.29, 0.717) is 11.3 Å². The molecule has 5 nitrogen and oxygen atoms in total. The Morgan fingerprint density at radius 3 is 3.04 bits per heavy atom. The maximum absolute atomic E-state index is 12.4. The van der Waals surface area contributed by atoms with Crippen LogP contribution in [0, 0.1) is 18.3 Å². The number of para-hydroxylation sites is 1. The largest absolute Gasteiger partial charge is 0.324 e. The standard InChI is InChI=1S/C19H16N4OS2/c1-11-21-18(17-13-6-4-8-15(13)26-19(17)22-11)25-10-16(24)23-14-7-3-2-5-12(14)9-20/h2-3,5,7H,4,6,8,10H2,1H3,(H,23,24). The summed E-state index contributed by atoms with van der Waals surface area (Å²) in [4.78, 5) is 24.0. The van der Waals surface area contributed by atoms with E-state index in [2.05, 4.69) is 21.4 Å². The average molecular weight is 380 g/mol. The summed E-state index contributed by atoms with van der Waals surface area (Å²) < 4.78 is 0. The number of thiophene rings is 1. The Morgan fingerprint density at radius 2 is 2.19 bits per heavy atom. The average Bonchev–Trinajstić information content (AvgIpc) is 3.20. The zero-order valence-electron chi connectivity index (χ0n) is 14.2. The summed E-state index contributed by atoms with van der Waals surface area (Å²) in [6.45, 7) is 1.89. The second-order valence-corrected chi connectivity index (χ2v) is 8.16. The van der Waals surface area contributed by atoms with Crippen molar-refractivity contribution in [2.45, 2.75) is 31.2 Å². The fraction of sp³-hybridized carbons (Fsp3) is 0.263. The van der Waals surface area contributed by atoms with Crippen molar-refractivity contribution >= 4 is 44.9 Å². The number of aryl methyl sites for hydroxylation is 3. The van der Waals surface area contributed by atoms with Gasteiger partial charge in [0, 0.05) is 10.3 Å². The van der Waals surface area contributed by atoms with Crippen LogP contribution in [0.15, 0.2) is 29.3 Å². The molecule has 1 aliphatic rings. The van der Waals surface area contributed by atoms with Crippen molar-refractivity contribution in [3.05, 3.63) is 46.1 Å². The van der Waals surface area contributed by atoms with E-state index in [1.807, 2.05) is 6.92 Å². The maximum atomic E-state index is 12.4. The van der Waals surface area contributed by atoms with Gasteiger partial charge in [-0.25, -0.2) is 9.97 Å². The first-order valence-electron chi connectivity index (χ1n) is 8.36. The van der Waals surface area contributed by atoms with Crippen molar-refractivity contribution < 1.29 is 4.79 Å². The van der Waals surface area contributed by atoms with Gasteiger partial charge in [0.05, 0.1) is 17.0 Å². The Balaban J connectivity index is 1.55. The third-order valence-electron chi connectivity index (χ3n) is 4.30. The van der Waals surface area contributed by atoms with Crippen molar-refractivity contribution in [3.8, 4) is 6.07 Å². The first-order chi connectivity index (χ1) is 12.7. The fourth-order valence-electron chi connectivity index (χ4n) is 3.18. The van der Waals surface area contributed by atoms with E-state index < -0.39 is 0 Å². The quantitative estimate of drug-likeness (QED) is 0.545. The summed E-state index contributed by atoms with van der Waals surface area (Å²) in [5.74, 6) is 0.833. The number of thioether (sulfide) groups is 1. The fourth-order valence-corrected chi connectivity index (χ4v) is 5.45. The van der Waals surface area contributed by atoms with Gasteiger partial charge < -0.3 is 5.32 Å². The van der Waals surface area contributed by atoms with Gasteiger partial charge >= 0.3 is 0 Å². The molecule has 130 valence electrons. The minimum absolute atomic E-state index is 0.144. The van der Waals surface area contributed by atoms with Crippen molar-refractivity contribution in [2.75, 3.05) is 11.1 Å². The minimum Gasteiger partial charge on any atom is -0.324 e. The first-order valence-corrected chi connectivity index (χ1v) is 10.2. The molecule has 0 spiro atoms. The number of amides is 1. The molecule has 7 heteroatoms. The SMILES string of the molecule is Cc1nc(SCC(=O)Nc2ccccc2C#N)c2c3c(sc2n1)CCC3. The number of nitrogens with zero attached hydrogens (tertiary/aromatic N) is 3. The predicted octanol–water partition coefficient (Wildman–Crippen LogP) is 4.09. The second kappa shape index (κ2) is 7.06. The van der Waals surface area contributed by atoms with Crippen molar-refractivity contribution in [3.63, 3.8) is 0 Å². The number of aromatic nitrogens is 2. The summed E-state index contributed by atoms with van der Waals surface area (Å²) in [6.07, 6.45) is 3.36. The molecule has 0 aliphatic heterocycles. The number of benzene rings is 1. The molecule has 1 aromatic carbocycles. The molecule has 0 fully saturated rings. The smallest absolute Gasteiger partial charge is 0.234 e. The Labute approximate surface area is 159 Å². The van der Waals surface area contributed by atoms with Gasteiger partial charge in [-0.3, -0.25) is 4.79 Å². The van der Waals surface area contributed by atoms with Crippen molar-refractivity contribution in [1.29, 1.82) is 5.26 Å². The van der Waals surface area contributed by atoms with Crippen LogP contribution in [-0.4, -0.2) is 21.6 Å². The van der Waals surface area contributed by atoms with Crippen LogP contribution >= 0.6 is 23.1 Å². The highest BCUT2D eigenvalue weighted by Gasteiger charge is 2.22. The highest BCUT2D eigenvalue weighted by atomic mass is 32.2. The Morgan fingerprint density at radius 1 is 1.35 bits per heavy atom. The van der Waals surface area contributed by atoms with Crippen LogP contribution in [0.2, 0.25) is 0 Å². The monoisotopic (exact) mass is 380 g/mol. The number of hydrogen-bond donors (Lipinski definition) is 1. The second-order valence-electron chi connectivity index (χ2n) is 6.11. The van der Waals surface area contributed by atoms with Gasteiger partial charge in [0.1, 0.15) is 21.7 Å². The third kappa shape index (κ3) is 3.18. The van der Waals surface area contributed by atoms with E-state index in [-0.39, 0.29) is 11.7 Å². The zero-order chi connectivity index (χ0) is 18.1. The summed E-state index contributed by atoms with van der Waals surface area (Å²) in [7, 11) is 0. The van der Waals surface area contributed by atoms with Crippen LogP contribution in [0.1, 0.15) is 28.2 Å². The van der Waals surface area contributed by atoms with Crippen LogP contribution < -0.4 is 5.32 Å². The lowest BCUT2D eigenvalue weighted by molar-refractivity contribution is -0.113. The van der Waals surface area contributed by atoms with E-state index in [9.17, 15) is 4.79 Å². The van der Waals surface area contributed by atoms with E-state index in [4.69, 9.17) is 5.26 Å². The minimum atomic E-state index is -0.144. The number of carbonyl (C=O) groups excluding carboxylic acids is 1. The van der Waals surface area contributed by atoms with Crippen LogP contribution in [0.5, 0.6) is 0 Å². The number of fused-ring (bicyclic) bond motifs is 3. The number of rotatable bonds is 4. The van der Waals surface area contributed by atoms with Gasteiger partial charge in [-0.15, -0.1) is 11.3 Å². The van der Waals surface area contributed by atoms with E-state index >= 15 is 0 Å². The molecule has 1 N–H and O–H groups in total. The highest BCUT2D eigenvalue weighted by Crippen LogP contribution is 2.40. The van der Waals surface area contributed by atoms with Crippen LogP contribution in [0.3, 0.4) is 0 Å². The van der Waals surface area contributed by atoms with Gasteiger partial charge in [-0.2, -0.15) is 5.26 Å². The molecule has 0 radical (unpaired) electrons. The summed E-state index contributed by atoms with van der Waals surface area (Å²) in [6, 6.07) is 9.10. The third-order valence-corrected chi connectivity index (χ3v) is 6.47. The Hall–Kier alpha value is -2.43. The molecule has 0 unspecified atom stereocenters. The molecule has 0 saturated carbocycles. The van der Waals surface area contributed by atoms with Gasteiger partial charge in [0.2, 0.25) is 5.91 Å². The number of nitrogens with one attached hydrogen (secondary N) is 1. The van der Waals surface area contributed by atoms with E-state index in [1.54, 1.807) is 35.6 Å². The lowest BCUT2D eigenvalue weighted by Gasteiger charge is -2.08. The Kier molecular flexibility index (Phi) is 4.62. The van der Waals surface area contributed by atoms with E-state index in [0.717, 1.165) is 33.9 Å². The highest BCUT2D eigenvalue weighted by molar-refractivity contribution is 8.00. The zero-order valence-corrected chi connectivity index (χ0v) is 15.8. The molecule has 26 heavy (non-hydrogen) atoms. The molecule has 1 amide bonds. The number of nitriles is 1. The molecule has 1 aliphatic carbocycles. The normalized spacial score (nSPS) is 12.8. The maximum Gasteiger partial charge on any atom is 0.234 e. The summed E-state index contributed by atoms with van der Waals surface area (Å²) in [5.41, 5.74) is 2.37. The lowest BCUT2D eigenvalue weighted by Crippen LogP contribution is -2.15. The van der Waals surface area contributed by atoms with Gasteiger partial charge in [0.15, 0.2) is 0 Å². The number of hydrogen-bond acceptors (Lipinski definition) is 6. The van der Waals surface area contributed by atoms with Gasteiger partial charge in [-0.1, -0.05) is 23.9 Å². The van der Waals surface area contributed by atoms with Crippen LogP contribution in [-0.2, 0) is 17.6 Å². The molecule has 0 saturated heterocycles. The van der Waals surface area contributed by atoms with Crippen LogP contribution in [0.4, 0.5) is 5.69 Å². The topological polar surface area (TPSA) is 78.7 Å². The Bertz CT molecular complexity index is 1050. The molecule has 2 aromatic heterocycles. The van der Waals surface area contributed by atoms with Crippen molar-refractivity contribution in [1.82, 2.24) is 9.97 Å².